The Morgan fingerprint density at radius 2 is 1.94 bits per heavy atom. The maximum absolute atomic E-state index is 11.0. The summed E-state index contributed by atoms with van der Waals surface area (Å²) in [6, 6.07) is 9.15. The fourth-order valence-electron chi connectivity index (χ4n) is 1.16. The lowest BCUT2D eigenvalue weighted by atomic mass is 9.84. The number of benzene rings is 1. The predicted molar refractivity (Wildman–Crippen MR) is 64.9 cm³/mol. The van der Waals surface area contributed by atoms with Gasteiger partial charge in [-0.15, -0.1) is 0 Å². The van der Waals surface area contributed by atoms with E-state index in [1.807, 2.05) is 36.4 Å². The molecule has 0 aliphatic rings. The average molecular weight is 219 g/mol. The molecule has 3 nitrogen and oxygen atoms in total. The minimum Gasteiger partial charge on any atom is -0.481 e. The van der Waals surface area contributed by atoms with Crippen molar-refractivity contribution in [3.8, 4) is 0 Å². The highest BCUT2D eigenvalue weighted by Gasteiger charge is 2.32. The third-order valence-corrected chi connectivity index (χ3v) is 2.68. The van der Waals surface area contributed by atoms with E-state index in [0.717, 1.165) is 5.56 Å². The number of carboxylic acids is 1. The number of carboxylic acid groups (broad SMARTS) is 1. The smallest absolute Gasteiger partial charge is 0.310 e. The molecule has 86 valence electrons. The SMILES string of the molecule is CC(C)(C(=O)O)C(N)C=Cc1ccccc1. The van der Waals surface area contributed by atoms with Crippen LogP contribution in [0, 0.1) is 5.41 Å². The lowest BCUT2D eigenvalue weighted by Gasteiger charge is -2.24. The van der Waals surface area contributed by atoms with Crippen LogP contribution in [0.5, 0.6) is 0 Å². The third kappa shape index (κ3) is 2.94. The van der Waals surface area contributed by atoms with Crippen molar-refractivity contribution < 1.29 is 9.90 Å². The molecule has 0 heterocycles. The molecule has 0 aliphatic carbocycles. The zero-order valence-corrected chi connectivity index (χ0v) is 9.55. The van der Waals surface area contributed by atoms with Gasteiger partial charge < -0.3 is 10.8 Å². The van der Waals surface area contributed by atoms with Crippen LogP contribution >= 0.6 is 0 Å². The van der Waals surface area contributed by atoms with Gasteiger partial charge in [-0.25, -0.2) is 0 Å². The van der Waals surface area contributed by atoms with Crippen molar-refractivity contribution in [2.24, 2.45) is 11.1 Å². The fourth-order valence-corrected chi connectivity index (χ4v) is 1.16. The summed E-state index contributed by atoms with van der Waals surface area (Å²) < 4.78 is 0. The zero-order valence-electron chi connectivity index (χ0n) is 9.55. The summed E-state index contributed by atoms with van der Waals surface area (Å²) in [5.41, 5.74) is 5.89. The van der Waals surface area contributed by atoms with Crippen LogP contribution in [0.1, 0.15) is 19.4 Å². The van der Waals surface area contributed by atoms with Gasteiger partial charge in [-0.2, -0.15) is 0 Å². The molecule has 0 bridgehead atoms. The topological polar surface area (TPSA) is 63.3 Å². The molecular formula is C13H17NO2. The van der Waals surface area contributed by atoms with E-state index in [9.17, 15) is 4.79 Å². The molecule has 1 aromatic carbocycles. The molecule has 1 unspecified atom stereocenters. The quantitative estimate of drug-likeness (QED) is 0.815. The molecular weight excluding hydrogens is 202 g/mol. The van der Waals surface area contributed by atoms with E-state index >= 15 is 0 Å². The van der Waals surface area contributed by atoms with Gasteiger partial charge in [-0.1, -0.05) is 42.5 Å². The Kier molecular flexibility index (Phi) is 3.85. The summed E-state index contributed by atoms with van der Waals surface area (Å²) in [6.45, 7) is 3.24. The van der Waals surface area contributed by atoms with Gasteiger partial charge in [0, 0.05) is 6.04 Å². The maximum atomic E-state index is 11.0. The van der Waals surface area contributed by atoms with Crippen LogP contribution < -0.4 is 5.73 Å². The molecule has 0 saturated carbocycles. The molecule has 1 atom stereocenters. The highest BCUT2D eigenvalue weighted by molar-refractivity contribution is 5.75. The van der Waals surface area contributed by atoms with E-state index in [0.29, 0.717) is 0 Å². The number of rotatable bonds is 4. The van der Waals surface area contributed by atoms with E-state index in [1.165, 1.54) is 0 Å². The first-order valence-corrected chi connectivity index (χ1v) is 5.17. The van der Waals surface area contributed by atoms with Crippen molar-refractivity contribution in [2.75, 3.05) is 0 Å². The minimum absolute atomic E-state index is 0.509. The van der Waals surface area contributed by atoms with Crippen molar-refractivity contribution in [1.82, 2.24) is 0 Å². The standard InChI is InChI=1S/C13H17NO2/c1-13(2,12(15)16)11(14)9-8-10-6-4-3-5-7-10/h3-9,11H,14H2,1-2H3,(H,15,16). The number of carbonyl (C=O) groups is 1. The van der Waals surface area contributed by atoms with Gasteiger partial charge in [0.2, 0.25) is 0 Å². The first-order valence-electron chi connectivity index (χ1n) is 5.17. The van der Waals surface area contributed by atoms with E-state index in [4.69, 9.17) is 10.8 Å². The predicted octanol–water partition coefficient (Wildman–Crippen LogP) is 2.14. The third-order valence-electron chi connectivity index (χ3n) is 2.68. The molecule has 0 aromatic heterocycles. The van der Waals surface area contributed by atoms with Crippen LogP contribution in [0.25, 0.3) is 6.08 Å². The molecule has 1 rings (SSSR count). The molecule has 0 radical (unpaired) electrons. The summed E-state index contributed by atoms with van der Waals surface area (Å²) in [6.07, 6.45) is 3.57. The van der Waals surface area contributed by atoms with Crippen molar-refractivity contribution >= 4 is 12.0 Å². The Balaban J connectivity index is 2.75. The first kappa shape index (κ1) is 12.5. The van der Waals surface area contributed by atoms with Crippen LogP contribution in [0.3, 0.4) is 0 Å². The molecule has 3 N–H and O–H groups in total. The van der Waals surface area contributed by atoms with E-state index in [2.05, 4.69) is 0 Å². The summed E-state index contributed by atoms with van der Waals surface area (Å²) in [4.78, 5) is 11.0. The summed E-state index contributed by atoms with van der Waals surface area (Å²) in [7, 11) is 0. The average Bonchev–Trinajstić information content (AvgIpc) is 2.27. The van der Waals surface area contributed by atoms with Gasteiger partial charge in [0.15, 0.2) is 0 Å². The molecule has 0 fully saturated rings. The Labute approximate surface area is 95.6 Å². The Hall–Kier alpha value is -1.61. The van der Waals surface area contributed by atoms with Crippen LogP contribution in [-0.2, 0) is 4.79 Å². The van der Waals surface area contributed by atoms with Gasteiger partial charge >= 0.3 is 5.97 Å². The maximum Gasteiger partial charge on any atom is 0.310 e. The second-order valence-corrected chi connectivity index (χ2v) is 4.32. The highest BCUT2D eigenvalue weighted by Crippen LogP contribution is 2.20. The lowest BCUT2D eigenvalue weighted by molar-refractivity contribution is -0.147. The van der Waals surface area contributed by atoms with Gasteiger partial charge in [-0.05, 0) is 19.4 Å². The second-order valence-electron chi connectivity index (χ2n) is 4.32. The van der Waals surface area contributed by atoms with Crippen molar-refractivity contribution in [3.05, 3.63) is 42.0 Å². The lowest BCUT2D eigenvalue weighted by Crippen LogP contribution is -2.41. The van der Waals surface area contributed by atoms with Crippen LogP contribution in [0.15, 0.2) is 36.4 Å². The van der Waals surface area contributed by atoms with Gasteiger partial charge in [0.25, 0.3) is 0 Å². The molecule has 0 saturated heterocycles. The molecule has 3 heteroatoms. The number of nitrogens with two attached hydrogens (primary N) is 1. The summed E-state index contributed by atoms with van der Waals surface area (Å²) in [5, 5.41) is 8.99. The molecule has 0 amide bonds. The Morgan fingerprint density at radius 1 is 1.38 bits per heavy atom. The normalized spacial score (nSPS) is 13.9. The number of aliphatic carboxylic acids is 1. The Bertz CT molecular complexity index is 382. The van der Waals surface area contributed by atoms with E-state index in [-0.39, 0.29) is 0 Å². The van der Waals surface area contributed by atoms with Crippen molar-refractivity contribution in [3.63, 3.8) is 0 Å². The second kappa shape index (κ2) is 4.94. The number of hydrogen-bond donors (Lipinski definition) is 2. The highest BCUT2D eigenvalue weighted by atomic mass is 16.4. The van der Waals surface area contributed by atoms with Crippen molar-refractivity contribution in [2.45, 2.75) is 19.9 Å². The first-order chi connectivity index (χ1) is 7.44. The van der Waals surface area contributed by atoms with Crippen LogP contribution in [0.2, 0.25) is 0 Å². The van der Waals surface area contributed by atoms with E-state index in [1.54, 1.807) is 19.9 Å². The molecule has 16 heavy (non-hydrogen) atoms. The van der Waals surface area contributed by atoms with Gasteiger partial charge in [0.1, 0.15) is 0 Å². The van der Waals surface area contributed by atoms with Crippen molar-refractivity contribution in [1.29, 1.82) is 0 Å². The van der Waals surface area contributed by atoms with Gasteiger partial charge in [-0.3, -0.25) is 4.79 Å². The molecule has 0 aliphatic heterocycles. The zero-order chi connectivity index (χ0) is 12.2. The minimum atomic E-state index is -0.953. The van der Waals surface area contributed by atoms with Crippen LogP contribution in [0.4, 0.5) is 0 Å². The summed E-state index contributed by atoms with van der Waals surface area (Å²) >= 11 is 0. The summed E-state index contributed by atoms with van der Waals surface area (Å²) in [5.74, 6) is -0.891. The van der Waals surface area contributed by atoms with E-state index < -0.39 is 17.4 Å². The van der Waals surface area contributed by atoms with Gasteiger partial charge in [0.05, 0.1) is 5.41 Å². The molecule has 0 spiro atoms. The Morgan fingerprint density at radius 3 is 2.44 bits per heavy atom. The van der Waals surface area contributed by atoms with Crippen LogP contribution in [-0.4, -0.2) is 17.1 Å². The monoisotopic (exact) mass is 219 g/mol. The molecule has 1 aromatic rings. The largest absolute Gasteiger partial charge is 0.481 e. The number of hydrogen-bond acceptors (Lipinski definition) is 2. The fraction of sp³-hybridized carbons (Fsp3) is 0.308.